The zero-order valence-electron chi connectivity index (χ0n) is 12.3. The standard InChI is InChI=1S/C17H27NO/c1-3-19-17-10-8-16(9-11-17)13-18-12-15-6-4-14(2)5-7-15/h8-11,14-15,18H,3-7,12-13H2,1-2H3. The maximum atomic E-state index is 5.45. The SMILES string of the molecule is CCOc1ccc(CNCC2CCC(C)CC2)cc1. The van der Waals surface area contributed by atoms with Gasteiger partial charge in [-0.2, -0.15) is 0 Å². The fraction of sp³-hybridized carbons (Fsp3) is 0.647. The predicted octanol–water partition coefficient (Wildman–Crippen LogP) is 4.00. The van der Waals surface area contributed by atoms with Crippen LogP contribution in [0.25, 0.3) is 0 Å². The molecular weight excluding hydrogens is 234 g/mol. The number of hydrogen-bond acceptors (Lipinski definition) is 2. The van der Waals surface area contributed by atoms with Crippen LogP contribution in [0.4, 0.5) is 0 Å². The highest BCUT2D eigenvalue weighted by atomic mass is 16.5. The van der Waals surface area contributed by atoms with Crippen molar-refractivity contribution in [2.24, 2.45) is 11.8 Å². The molecule has 1 aliphatic rings. The first-order valence-electron chi connectivity index (χ1n) is 7.70. The first-order valence-corrected chi connectivity index (χ1v) is 7.70. The van der Waals surface area contributed by atoms with Crippen LogP contribution in [0.5, 0.6) is 5.75 Å². The number of benzene rings is 1. The second-order valence-electron chi connectivity index (χ2n) is 5.83. The van der Waals surface area contributed by atoms with E-state index in [1.165, 1.54) is 37.8 Å². The van der Waals surface area contributed by atoms with E-state index < -0.39 is 0 Å². The minimum Gasteiger partial charge on any atom is -0.494 e. The molecule has 0 heterocycles. The second kappa shape index (κ2) is 7.54. The van der Waals surface area contributed by atoms with Crippen molar-refractivity contribution in [3.05, 3.63) is 29.8 Å². The van der Waals surface area contributed by atoms with Gasteiger partial charge in [0.15, 0.2) is 0 Å². The van der Waals surface area contributed by atoms with E-state index in [1.54, 1.807) is 0 Å². The topological polar surface area (TPSA) is 21.3 Å². The first-order chi connectivity index (χ1) is 9.28. The van der Waals surface area contributed by atoms with Gasteiger partial charge in [0.1, 0.15) is 5.75 Å². The lowest BCUT2D eigenvalue weighted by Crippen LogP contribution is -2.25. The van der Waals surface area contributed by atoms with Gasteiger partial charge in [-0.3, -0.25) is 0 Å². The maximum Gasteiger partial charge on any atom is 0.119 e. The predicted molar refractivity (Wildman–Crippen MR) is 80.4 cm³/mol. The number of rotatable bonds is 6. The molecule has 106 valence electrons. The Kier molecular flexibility index (Phi) is 5.71. The van der Waals surface area contributed by atoms with Gasteiger partial charge in [0.2, 0.25) is 0 Å². The molecule has 0 spiro atoms. The molecule has 0 bridgehead atoms. The van der Waals surface area contributed by atoms with E-state index in [0.717, 1.165) is 30.7 Å². The average molecular weight is 261 g/mol. The van der Waals surface area contributed by atoms with Gasteiger partial charge < -0.3 is 10.1 Å². The molecule has 2 rings (SSSR count). The van der Waals surface area contributed by atoms with Crippen LogP contribution in [-0.2, 0) is 6.54 Å². The van der Waals surface area contributed by atoms with E-state index in [9.17, 15) is 0 Å². The lowest BCUT2D eigenvalue weighted by molar-refractivity contribution is 0.281. The van der Waals surface area contributed by atoms with Gasteiger partial charge in [-0.15, -0.1) is 0 Å². The van der Waals surface area contributed by atoms with E-state index in [4.69, 9.17) is 4.74 Å². The Morgan fingerprint density at radius 3 is 2.42 bits per heavy atom. The number of ether oxygens (including phenoxy) is 1. The molecule has 0 radical (unpaired) electrons. The summed E-state index contributed by atoms with van der Waals surface area (Å²) in [6, 6.07) is 8.42. The van der Waals surface area contributed by atoms with E-state index in [2.05, 4.69) is 36.5 Å². The minimum atomic E-state index is 0.734. The zero-order chi connectivity index (χ0) is 13.5. The van der Waals surface area contributed by atoms with Gasteiger partial charge in [-0.25, -0.2) is 0 Å². The van der Waals surface area contributed by atoms with Crippen molar-refractivity contribution in [2.45, 2.75) is 46.1 Å². The molecule has 1 N–H and O–H groups in total. The third-order valence-corrected chi connectivity index (χ3v) is 4.13. The van der Waals surface area contributed by atoms with Crippen molar-refractivity contribution in [1.82, 2.24) is 5.32 Å². The highest BCUT2D eigenvalue weighted by Crippen LogP contribution is 2.27. The summed E-state index contributed by atoms with van der Waals surface area (Å²) in [5, 5.41) is 3.60. The van der Waals surface area contributed by atoms with Crippen LogP contribution in [0.1, 0.15) is 45.1 Å². The Hall–Kier alpha value is -1.02. The number of nitrogens with one attached hydrogen (secondary N) is 1. The molecule has 0 saturated heterocycles. The van der Waals surface area contributed by atoms with Crippen LogP contribution < -0.4 is 10.1 Å². The summed E-state index contributed by atoms with van der Waals surface area (Å²) in [6.45, 7) is 7.26. The molecule has 2 nitrogen and oxygen atoms in total. The lowest BCUT2D eigenvalue weighted by Gasteiger charge is -2.26. The van der Waals surface area contributed by atoms with Gasteiger partial charge in [-0.05, 0) is 55.8 Å². The van der Waals surface area contributed by atoms with Crippen LogP contribution in [0.2, 0.25) is 0 Å². The molecule has 1 fully saturated rings. The lowest BCUT2D eigenvalue weighted by atomic mass is 9.83. The molecule has 19 heavy (non-hydrogen) atoms. The van der Waals surface area contributed by atoms with Crippen LogP contribution in [-0.4, -0.2) is 13.2 Å². The molecule has 0 aromatic heterocycles. The zero-order valence-corrected chi connectivity index (χ0v) is 12.3. The molecule has 1 aromatic carbocycles. The second-order valence-corrected chi connectivity index (χ2v) is 5.83. The Balaban J connectivity index is 1.67. The van der Waals surface area contributed by atoms with Gasteiger partial charge >= 0.3 is 0 Å². The fourth-order valence-corrected chi connectivity index (χ4v) is 2.82. The molecule has 0 unspecified atom stereocenters. The molecule has 1 aromatic rings. The van der Waals surface area contributed by atoms with Crippen LogP contribution in [0, 0.1) is 11.8 Å². The van der Waals surface area contributed by atoms with Crippen molar-refractivity contribution >= 4 is 0 Å². The van der Waals surface area contributed by atoms with E-state index >= 15 is 0 Å². The summed E-state index contributed by atoms with van der Waals surface area (Å²) in [5.41, 5.74) is 1.34. The summed E-state index contributed by atoms with van der Waals surface area (Å²) in [4.78, 5) is 0. The Morgan fingerprint density at radius 1 is 1.11 bits per heavy atom. The average Bonchev–Trinajstić information content (AvgIpc) is 2.43. The Bertz CT molecular complexity index is 352. The van der Waals surface area contributed by atoms with Crippen molar-refractivity contribution in [1.29, 1.82) is 0 Å². The van der Waals surface area contributed by atoms with Crippen molar-refractivity contribution in [3.8, 4) is 5.75 Å². The molecular formula is C17H27NO. The van der Waals surface area contributed by atoms with Gasteiger partial charge in [0, 0.05) is 6.54 Å². The largest absolute Gasteiger partial charge is 0.494 e. The summed E-state index contributed by atoms with van der Waals surface area (Å²) in [6.07, 6.45) is 5.62. The highest BCUT2D eigenvalue weighted by Gasteiger charge is 2.17. The smallest absolute Gasteiger partial charge is 0.119 e. The molecule has 2 heteroatoms. The van der Waals surface area contributed by atoms with Gasteiger partial charge in [-0.1, -0.05) is 31.9 Å². The van der Waals surface area contributed by atoms with E-state index in [-0.39, 0.29) is 0 Å². The monoisotopic (exact) mass is 261 g/mol. The molecule has 0 atom stereocenters. The summed E-state index contributed by atoms with van der Waals surface area (Å²) in [5.74, 6) is 2.80. The van der Waals surface area contributed by atoms with Gasteiger partial charge in [0.25, 0.3) is 0 Å². The quantitative estimate of drug-likeness (QED) is 0.835. The maximum absolute atomic E-state index is 5.45. The summed E-state index contributed by atoms with van der Waals surface area (Å²) in [7, 11) is 0. The number of hydrogen-bond donors (Lipinski definition) is 1. The van der Waals surface area contributed by atoms with Crippen molar-refractivity contribution in [3.63, 3.8) is 0 Å². The van der Waals surface area contributed by atoms with E-state index in [0.29, 0.717) is 0 Å². The molecule has 0 aliphatic heterocycles. The minimum absolute atomic E-state index is 0.734. The van der Waals surface area contributed by atoms with Crippen LogP contribution in [0.3, 0.4) is 0 Å². The first kappa shape index (κ1) is 14.4. The van der Waals surface area contributed by atoms with E-state index in [1.807, 2.05) is 6.92 Å². The molecule has 1 saturated carbocycles. The van der Waals surface area contributed by atoms with Crippen molar-refractivity contribution in [2.75, 3.05) is 13.2 Å². The summed E-state index contributed by atoms with van der Waals surface area (Å²) < 4.78 is 5.45. The van der Waals surface area contributed by atoms with Crippen LogP contribution >= 0.6 is 0 Å². The molecule has 0 amide bonds. The third kappa shape index (κ3) is 4.87. The van der Waals surface area contributed by atoms with Crippen molar-refractivity contribution < 1.29 is 4.74 Å². The summed E-state index contributed by atoms with van der Waals surface area (Å²) >= 11 is 0. The molecule has 1 aliphatic carbocycles. The normalized spacial score (nSPS) is 23.3. The highest BCUT2D eigenvalue weighted by molar-refractivity contribution is 5.27. The Labute approximate surface area is 117 Å². The van der Waals surface area contributed by atoms with Crippen LogP contribution in [0.15, 0.2) is 24.3 Å². The fourth-order valence-electron chi connectivity index (χ4n) is 2.82. The van der Waals surface area contributed by atoms with Gasteiger partial charge in [0.05, 0.1) is 6.61 Å². The third-order valence-electron chi connectivity index (χ3n) is 4.13. The Morgan fingerprint density at radius 2 is 1.79 bits per heavy atom.